The molecule has 3 aromatic rings. The molecule has 132 valence electrons. The van der Waals surface area contributed by atoms with Crippen molar-refractivity contribution in [3.63, 3.8) is 0 Å². The van der Waals surface area contributed by atoms with E-state index in [0.717, 1.165) is 21.8 Å². The summed E-state index contributed by atoms with van der Waals surface area (Å²) in [5.74, 6) is 0.406. The maximum absolute atomic E-state index is 13.5. The number of rotatable bonds is 2. The predicted octanol–water partition coefficient (Wildman–Crippen LogP) is 6.50. The zero-order valence-electron chi connectivity index (χ0n) is 13.9. The van der Waals surface area contributed by atoms with Gasteiger partial charge in [0.15, 0.2) is 9.93 Å². The Hall–Kier alpha value is -1.55. The molecule has 2 heterocycles. The minimum Gasteiger partial charge on any atom is -0.477 e. The number of hydrogen-bond acceptors (Lipinski definition) is 2. The minimum atomic E-state index is -1.11. The number of fused-ring (bicyclic) bond motifs is 2. The lowest BCUT2D eigenvalue weighted by molar-refractivity contribution is 0.105. The molecular weight excluding hydrogens is 390 g/mol. The van der Waals surface area contributed by atoms with E-state index in [9.17, 15) is 4.39 Å². The minimum absolute atomic E-state index is 0.106. The summed E-state index contributed by atoms with van der Waals surface area (Å²) in [6, 6.07) is 18.5. The topological polar surface area (TPSA) is 9.23 Å². The van der Waals surface area contributed by atoms with Crippen LogP contribution in [0.3, 0.4) is 0 Å². The van der Waals surface area contributed by atoms with Gasteiger partial charge in [0.25, 0.3) is 0 Å². The second-order valence-corrected chi connectivity index (χ2v) is 9.33. The standard InChI is InChI=1S/C21H15Cl2FOS/c1-19-18(13-8-10-14(24)11-9-13)15-5-2-3-6-16(15)25-20(19,21(19,22)23)17-7-4-12-26-17/h2-12,18H,1H3/t18-,19-,20+/m0/s1. The van der Waals surface area contributed by atoms with Gasteiger partial charge in [-0.15, -0.1) is 11.3 Å². The summed E-state index contributed by atoms with van der Waals surface area (Å²) in [5.41, 5.74) is 0.593. The van der Waals surface area contributed by atoms with Crippen molar-refractivity contribution in [1.82, 2.24) is 0 Å². The fourth-order valence-corrected chi connectivity index (χ4v) is 6.78. The summed E-state index contributed by atoms with van der Waals surface area (Å²) < 4.78 is 18.9. The highest BCUT2D eigenvalue weighted by atomic mass is 35.5. The smallest absolute Gasteiger partial charge is 0.186 e. The first-order chi connectivity index (χ1) is 12.4. The number of benzene rings is 2. The summed E-state index contributed by atoms with van der Waals surface area (Å²) in [6.45, 7) is 2.07. The number of ether oxygens (including phenoxy) is 1. The van der Waals surface area contributed by atoms with Crippen molar-refractivity contribution in [2.24, 2.45) is 5.41 Å². The fourth-order valence-electron chi connectivity index (χ4n) is 4.57. The van der Waals surface area contributed by atoms with Crippen LogP contribution in [-0.2, 0) is 5.60 Å². The molecule has 2 aliphatic rings. The van der Waals surface area contributed by atoms with E-state index in [1.807, 2.05) is 53.9 Å². The molecule has 5 rings (SSSR count). The Morgan fingerprint density at radius 2 is 1.73 bits per heavy atom. The quantitative estimate of drug-likeness (QED) is 0.442. The molecule has 5 heteroatoms. The SMILES string of the molecule is C[C@]12[C@@H](c3ccc(F)cc3)c3ccccc3O[C@@]1(c1cccs1)C2(Cl)Cl. The van der Waals surface area contributed by atoms with Crippen LogP contribution in [-0.4, -0.2) is 4.33 Å². The van der Waals surface area contributed by atoms with Crippen molar-refractivity contribution >= 4 is 34.5 Å². The molecular formula is C21H15Cl2FOS. The molecule has 1 saturated carbocycles. The third-order valence-electron chi connectivity index (χ3n) is 5.91. The molecule has 1 fully saturated rings. The molecule has 0 saturated heterocycles. The van der Waals surface area contributed by atoms with Crippen LogP contribution in [0.25, 0.3) is 0 Å². The van der Waals surface area contributed by atoms with Gasteiger partial charge >= 0.3 is 0 Å². The van der Waals surface area contributed by atoms with Gasteiger partial charge in [-0.3, -0.25) is 0 Å². The van der Waals surface area contributed by atoms with Crippen LogP contribution in [0.2, 0.25) is 0 Å². The van der Waals surface area contributed by atoms with Gasteiger partial charge in [-0.2, -0.15) is 0 Å². The van der Waals surface area contributed by atoms with Crippen LogP contribution in [0.1, 0.15) is 28.8 Å². The van der Waals surface area contributed by atoms with Crippen molar-refractivity contribution in [1.29, 1.82) is 0 Å². The van der Waals surface area contributed by atoms with Crippen LogP contribution in [0, 0.1) is 11.2 Å². The molecule has 1 aliphatic heterocycles. The van der Waals surface area contributed by atoms with Gasteiger partial charge < -0.3 is 4.74 Å². The fraction of sp³-hybridized carbons (Fsp3) is 0.238. The van der Waals surface area contributed by atoms with E-state index in [-0.39, 0.29) is 11.7 Å². The number of para-hydroxylation sites is 1. The van der Waals surface area contributed by atoms with Gasteiger partial charge in [0.1, 0.15) is 11.6 Å². The molecule has 0 spiro atoms. The molecule has 0 unspecified atom stereocenters. The van der Waals surface area contributed by atoms with Crippen LogP contribution >= 0.6 is 34.5 Å². The molecule has 3 atom stereocenters. The highest BCUT2D eigenvalue weighted by molar-refractivity contribution is 7.10. The first kappa shape index (κ1) is 16.6. The van der Waals surface area contributed by atoms with Crippen LogP contribution in [0.5, 0.6) is 5.75 Å². The van der Waals surface area contributed by atoms with Gasteiger partial charge in [-0.25, -0.2) is 4.39 Å². The molecule has 0 N–H and O–H groups in total. The van der Waals surface area contributed by atoms with Gasteiger partial charge in [0.2, 0.25) is 0 Å². The summed E-state index contributed by atoms with van der Waals surface area (Å²) >= 11 is 15.5. The first-order valence-electron chi connectivity index (χ1n) is 8.39. The Kier molecular flexibility index (Phi) is 3.35. The Bertz CT molecular complexity index is 986. The van der Waals surface area contributed by atoms with E-state index in [1.165, 1.54) is 12.1 Å². The average Bonchev–Trinajstić information content (AvgIpc) is 3.02. The average molecular weight is 405 g/mol. The highest BCUT2D eigenvalue weighted by Crippen LogP contribution is 2.85. The predicted molar refractivity (Wildman–Crippen MR) is 104 cm³/mol. The Labute approximate surface area is 165 Å². The van der Waals surface area contributed by atoms with Crippen LogP contribution in [0.4, 0.5) is 4.39 Å². The molecule has 0 bridgehead atoms. The van der Waals surface area contributed by atoms with Crippen molar-refractivity contribution in [3.05, 3.63) is 87.9 Å². The Morgan fingerprint density at radius 3 is 2.42 bits per heavy atom. The lowest BCUT2D eigenvalue weighted by Gasteiger charge is -2.36. The Balaban J connectivity index is 1.79. The van der Waals surface area contributed by atoms with Crippen molar-refractivity contribution in [2.45, 2.75) is 22.8 Å². The summed E-state index contributed by atoms with van der Waals surface area (Å²) in [5, 5.41) is 2.00. The molecule has 0 amide bonds. The number of thiophene rings is 1. The largest absolute Gasteiger partial charge is 0.477 e. The highest BCUT2D eigenvalue weighted by Gasteiger charge is 2.92. The van der Waals surface area contributed by atoms with Gasteiger partial charge in [0, 0.05) is 11.5 Å². The molecule has 1 nitrogen and oxygen atoms in total. The molecule has 2 aromatic carbocycles. The van der Waals surface area contributed by atoms with Gasteiger partial charge in [-0.05, 0) is 35.2 Å². The van der Waals surface area contributed by atoms with Gasteiger partial charge in [0.05, 0.1) is 10.3 Å². The lowest BCUT2D eigenvalue weighted by atomic mass is 9.75. The summed E-state index contributed by atoms with van der Waals surface area (Å²) in [7, 11) is 0. The van der Waals surface area contributed by atoms with E-state index in [1.54, 1.807) is 11.3 Å². The normalized spacial score (nSPS) is 30.8. The van der Waals surface area contributed by atoms with Crippen molar-refractivity contribution in [3.8, 4) is 5.75 Å². The first-order valence-corrected chi connectivity index (χ1v) is 10.0. The van der Waals surface area contributed by atoms with E-state index in [4.69, 9.17) is 27.9 Å². The van der Waals surface area contributed by atoms with Gasteiger partial charge in [-0.1, -0.05) is 66.5 Å². The number of halogens is 3. The second-order valence-electron chi connectivity index (χ2n) is 7.06. The third-order valence-corrected chi connectivity index (χ3v) is 8.19. The molecule has 1 aromatic heterocycles. The molecule has 26 heavy (non-hydrogen) atoms. The van der Waals surface area contributed by atoms with E-state index in [0.29, 0.717) is 0 Å². The van der Waals surface area contributed by atoms with Crippen LogP contribution < -0.4 is 4.74 Å². The summed E-state index contributed by atoms with van der Waals surface area (Å²) in [6.07, 6.45) is 0. The maximum Gasteiger partial charge on any atom is 0.186 e. The number of hydrogen-bond donors (Lipinski definition) is 0. The molecule has 0 radical (unpaired) electrons. The summed E-state index contributed by atoms with van der Waals surface area (Å²) in [4.78, 5) is 1.01. The third kappa shape index (κ3) is 1.77. The lowest BCUT2D eigenvalue weighted by Crippen LogP contribution is -2.32. The van der Waals surface area contributed by atoms with Crippen LogP contribution in [0.15, 0.2) is 66.0 Å². The monoisotopic (exact) mass is 404 g/mol. The number of alkyl halides is 2. The Morgan fingerprint density at radius 1 is 1.00 bits per heavy atom. The second kappa shape index (κ2) is 5.25. The van der Waals surface area contributed by atoms with E-state index in [2.05, 4.69) is 6.92 Å². The maximum atomic E-state index is 13.5. The van der Waals surface area contributed by atoms with Crippen molar-refractivity contribution in [2.75, 3.05) is 0 Å². The van der Waals surface area contributed by atoms with Crippen molar-refractivity contribution < 1.29 is 9.13 Å². The zero-order chi connectivity index (χ0) is 18.2. The van der Waals surface area contributed by atoms with E-state index >= 15 is 0 Å². The molecule has 1 aliphatic carbocycles. The zero-order valence-corrected chi connectivity index (χ0v) is 16.2. The van der Waals surface area contributed by atoms with E-state index < -0.39 is 15.3 Å².